The Morgan fingerprint density at radius 1 is 0.549 bits per heavy atom. The van der Waals surface area contributed by atoms with E-state index in [1.165, 1.54) is 0 Å². The standard InChI is InChI=1S/C39H65N3O29/c1-10(48)40-19-13(51)4-39(38(61)62,70-31(19)22(53)14(52)5-43)71-33-25(56)17(8-46)66-37(28(33)59)68-30-21(42-12(3)50)35(64-15(6-44)23(30)54)69-32-24(55)16(7-45)65-36(27(32)58)67-29-18(9-47)63-34(60)20(26(29)57)41-11(2)49/h13-37,43-47,51-60H,4-9H2,1-3H3,(H,40,48)(H,41,49)(H,42,50)(H,61,62)/t13-,14+,15+,16+,17+,18+,19+,20+,21+,22+,23+,24-,25-,26+,27+,28+,29+,30+,31+,32-,33-,34+,35-,36-,37-,39-/m0/s1. The van der Waals surface area contributed by atoms with Gasteiger partial charge in [-0.05, 0) is 0 Å². The Morgan fingerprint density at radius 2 is 0.986 bits per heavy atom. The molecule has 5 fully saturated rings. The van der Waals surface area contributed by atoms with Crippen molar-refractivity contribution in [1.29, 1.82) is 0 Å². The molecular formula is C39H65N3O29. The summed E-state index contributed by atoms with van der Waals surface area (Å²) in [6, 6.07) is -5.08. The van der Waals surface area contributed by atoms with E-state index in [0.717, 1.165) is 20.8 Å². The quantitative estimate of drug-likeness (QED) is 0.0571. The van der Waals surface area contributed by atoms with Crippen LogP contribution in [0.15, 0.2) is 0 Å². The van der Waals surface area contributed by atoms with E-state index in [-0.39, 0.29) is 0 Å². The van der Waals surface area contributed by atoms with Crippen molar-refractivity contribution in [2.24, 2.45) is 0 Å². The van der Waals surface area contributed by atoms with Gasteiger partial charge >= 0.3 is 5.97 Å². The summed E-state index contributed by atoms with van der Waals surface area (Å²) in [5, 5.41) is 179. The molecule has 410 valence electrons. The van der Waals surface area contributed by atoms with Crippen molar-refractivity contribution in [3.8, 4) is 0 Å². The molecule has 5 saturated heterocycles. The minimum atomic E-state index is -3.20. The van der Waals surface area contributed by atoms with E-state index < -0.39 is 222 Å². The van der Waals surface area contributed by atoms with Crippen LogP contribution in [0.1, 0.15) is 27.2 Å². The highest BCUT2D eigenvalue weighted by molar-refractivity contribution is 5.77. The maximum atomic E-state index is 13.0. The maximum absolute atomic E-state index is 13.0. The molecule has 0 aliphatic carbocycles. The lowest BCUT2D eigenvalue weighted by Gasteiger charge is -2.51. The highest BCUT2D eigenvalue weighted by atomic mass is 16.8. The number of aliphatic carboxylic acids is 1. The van der Waals surface area contributed by atoms with Crippen molar-refractivity contribution in [1.82, 2.24) is 16.0 Å². The lowest BCUT2D eigenvalue weighted by Crippen LogP contribution is -2.71. The fourth-order valence-corrected chi connectivity index (χ4v) is 8.94. The molecule has 71 heavy (non-hydrogen) atoms. The molecule has 32 heteroatoms. The first kappa shape index (κ1) is 58.8. The molecule has 0 bridgehead atoms. The maximum Gasteiger partial charge on any atom is 0.364 e. The van der Waals surface area contributed by atoms with Crippen LogP contribution in [0.5, 0.6) is 0 Å². The molecule has 0 aromatic rings. The molecule has 0 radical (unpaired) electrons. The fraction of sp³-hybridized carbons (Fsp3) is 0.897. The summed E-state index contributed by atoms with van der Waals surface area (Å²) in [6.45, 7) is -2.24. The molecule has 3 amide bonds. The molecule has 0 saturated carbocycles. The Morgan fingerprint density at radius 3 is 1.48 bits per heavy atom. The number of nitrogens with one attached hydrogen (secondary N) is 3. The number of ether oxygens (including phenoxy) is 9. The third-order valence-corrected chi connectivity index (χ3v) is 12.5. The summed E-state index contributed by atoms with van der Waals surface area (Å²) in [5.41, 5.74) is 0. The molecule has 5 heterocycles. The number of hydrogen-bond acceptors (Lipinski definition) is 28. The van der Waals surface area contributed by atoms with Crippen LogP contribution in [0.3, 0.4) is 0 Å². The number of carboxylic acids is 1. The molecule has 0 unspecified atom stereocenters. The minimum Gasteiger partial charge on any atom is -0.477 e. The van der Waals surface area contributed by atoms with Gasteiger partial charge in [0.1, 0.15) is 116 Å². The second kappa shape index (κ2) is 25.0. The van der Waals surface area contributed by atoms with Gasteiger partial charge in [-0.3, -0.25) is 14.4 Å². The number of carbonyl (C=O) groups is 4. The number of carbonyl (C=O) groups excluding carboxylic acids is 3. The van der Waals surface area contributed by atoms with Gasteiger partial charge in [-0.15, -0.1) is 0 Å². The van der Waals surface area contributed by atoms with E-state index >= 15 is 0 Å². The molecule has 0 aromatic carbocycles. The van der Waals surface area contributed by atoms with Gasteiger partial charge in [-0.2, -0.15) is 0 Å². The van der Waals surface area contributed by atoms with E-state index in [4.69, 9.17) is 42.6 Å². The van der Waals surface area contributed by atoms with Crippen LogP contribution >= 0.6 is 0 Å². The van der Waals surface area contributed by atoms with Crippen LogP contribution in [0.25, 0.3) is 0 Å². The second-order valence-corrected chi connectivity index (χ2v) is 17.6. The molecule has 32 nitrogen and oxygen atoms in total. The Labute approximate surface area is 402 Å². The lowest BCUT2D eigenvalue weighted by molar-refractivity contribution is -0.388. The van der Waals surface area contributed by atoms with Gasteiger partial charge in [-0.25, -0.2) is 4.79 Å². The van der Waals surface area contributed by atoms with Crippen LogP contribution in [0.2, 0.25) is 0 Å². The van der Waals surface area contributed by atoms with Crippen molar-refractivity contribution < 1.29 is 144 Å². The Bertz CT molecular complexity index is 1780. The van der Waals surface area contributed by atoms with Crippen molar-refractivity contribution >= 4 is 23.7 Å². The molecule has 5 aliphatic heterocycles. The van der Waals surface area contributed by atoms with Gasteiger partial charge in [0.05, 0.1) is 45.2 Å². The van der Waals surface area contributed by atoms with Crippen molar-refractivity contribution in [3.05, 3.63) is 0 Å². The molecular weight excluding hydrogens is 974 g/mol. The third kappa shape index (κ3) is 12.9. The topological polar surface area (TPSA) is 511 Å². The largest absolute Gasteiger partial charge is 0.477 e. The predicted octanol–water partition coefficient (Wildman–Crippen LogP) is -12.3. The van der Waals surface area contributed by atoms with E-state index in [2.05, 4.69) is 16.0 Å². The average molecular weight is 1040 g/mol. The Kier molecular flexibility index (Phi) is 20.7. The summed E-state index contributed by atoms with van der Waals surface area (Å²) >= 11 is 0. The van der Waals surface area contributed by atoms with Crippen LogP contribution in [0.4, 0.5) is 0 Å². The average Bonchev–Trinajstić information content (AvgIpc) is 3.31. The Hall–Kier alpha value is -3.08. The monoisotopic (exact) mass is 1040 g/mol. The van der Waals surface area contributed by atoms with Gasteiger partial charge in [0, 0.05) is 27.2 Å². The first-order valence-electron chi connectivity index (χ1n) is 22.2. The summed E-state index contributed by atoms with van der Waals surface area (Å²) in [4.78, 5) is 49.6. The molecule has 19 N–H and O–H groups in total. The van der Waals surface area contributed by atoms with Crippen molar-refractivity contribution in [2.45, 2.75) is 186 Å². The predicted molar refractivity (Wildman–Crippen MR) is 219 cm³/mol. The number of carboxylic acid groups (broad SMARTS) is 1. The molecule has 26 atom stereocenters. The zero-order valence-corrected chi connectivity index (χ0v) is 38.1. The van der Waals surface area contributed by atoms with Crippen LogP contribution in [-0.4, -0.2) is 297 Å². The number of amides is 3. The van der Waals surface area contributed by atoms with E-state index in [1.54, 1.807) is 0 Å². The van der Waals surface area contributed by atoms with Gasteiger partial charge < -0.3 is 140 Å². The van der Waals surface area contributed by atoms with Gasteiger partial charge in [0.2, 0.25) is 17.7 Å². The number of aliphatic hydroxyl groups is 15. The normalized spacial score (nSPS) is 45.0. The Balaban J connectivity index is 1.46. The molecule has 0 aromatic heterocycles. The molecule has 5 aliphatic rings. The highest BCUT2D eigenvalue weighted by Gasteiger charge is 2.61. The number of rotatable bonds is 19. The summed E-state index contributed by atoms with van der Waals surface area (Å²) < 4.78 is 51.3. The summed E-state index contributed by atoms with van der Waals surface area (Å²) in [7, 11) is 0. The first-order chi connectivity index (χ1) is 33.4. The van der Waals surface area contributed by atoms with Crippen molar-refractivity contribution in [3.63, 3.8) is 0 Å². The van der Waals surface area contributed by atoms with Crippen molar-refractivity contribution in [2.75, 3.05) is 33.0 Å². The summed E-state index contributed by atoms with van der Waals surface area (Å²) in [5.74, 6) is -7.74. The van der Waals surface area contributed by atoms with E-state index in [9.17, 15) is 101 Å². The first-order valence-corrected chi connectivity index (χ1v) is 22.2. The lowest BCUT2D eigenvalue weighted by atomic mass is 9.88. The number of aliphatic hydroxyl groups excluding tert-OH is 15. The van der Waals surface area contributed by atoms with E-state index in [1.807, 2.05) is 0 Å². The smallest absolute Gasteiger partial charge is 0.364 e. The van der Waals surface area contributed by atoms with Gasteiger partial charge in [0.25, 0.3) is 5.79 Å². The van der Waals surface area contributed by atoms with Crippen LogP contribution in [0, 0.1) is 0 Å². The zero-order valence-electron chi connectivity index (χ0n) is 38.1. The van der Waals surface area contributed by atoms with Crippen LogP contribution < -0.4 is 16.0 Å². The minimum absolute atomic E-state index is 0.727. The van der Waals surface area contributed by atoms with Crippen LogP contribution in [-0.2, 0) is 61.8 Å². The molecule has 5 rings (SSSR count). The number of hydrogen-bond donors (Lipinski definition) is 19. The third-order valence-electron chi connectivity index (χ3n) is 12.5. The SMILES string of the molecule is CC(=O)N[C@@H]1[C@@H](O)[C@H](O[C@@H]2O[C@H](CO)[C@H](O)[C@H](O[C@@H]3O[C@H](CO)[C@@H](O)[C@H](O[C@@H]4O[C@H](CO)[C@H](O)[C@H](O[C@]5(C(=O)O)C[C@H](O)[C@@H](NC(C)=O)[C@H]([C@H](O)[C@H](O)CO)O5)[C@H]4O)[C@H]3NC(C)=O)[C@H]2O)[C@@H](CO)O[C@H]1O. The summed E-state index contributed by atoms with van der Waals surface area (Å²) in [6.07, 6.45) is -45.5. The van der Waals surface area contributed by atoms with Gasteiger partial charge in [0.15, 0.2) is 25.2 Å². The zero-order chi connectivity index (χ0) is 53.0. The molecule has 0 spiro atoms. The highest BCUT2D eigenvalue weighted by Crippen LogP contribution is 2.39. The fourth-order valence-electron chi connectivity index (χ4n) is 8.94. The second-order valence-electron chi connectivity index (χ2n) is 17.6. The van der Waals surface area contributed by atoms with Gasteiger partial charge in [-0.1, -0.05) is 0 Å². The van der Waals surface area contributed by atoms with E-state index in [0.29, 0.717) is 0 Å².